The summed E-state index contributed by atoms with van der Waals surface area (Å²) in [6, 6.07) is 11.2. The van der Waals surface area contributed by atoms with E-state index in [9.17, 15) is 9.59 Å². The van der Waals surface area contributed by atoms with Crippen molar-refractivity contribution < 1.29 is 9.59 Å². The second-order valence-corrected chi connectivity index (χ2v) is 7.92. The highest BCUT2D eigenvalue weighted by Gasteiger charge is 2.31. The number of carbonyl (C=O) groups excluding carboxylic acids is 2. The van der Waals surface area contributed by atoms with Crippen LogP contribution in [-0.4, -0.2) is 35.4 Å². The van der Waals surface area contributed by atoms with Crippen molar-refractivity contribution in [2.24, 2.45) is 0 Å². The van der Waals surface area contributed by atoms with Crippen molar-refractivity contribution in [2.45, 2.75) is 58.2 Å². The minimum absolute atomic E-state index is 0. The van der Waals surface area contributed by atoms with E-state index in [0.717, 1.165) is 30.6 Å². The van der Waals surface area contributed by atoms with Crippen molar-refractivity contribution in [1.29, 1.82) is 0 Å². The van der Waals surface area contributed by atoms with Gasteiger partial charge in [-0.25, -0.2) is 4.98 Å². The number of hydrogen-bond acceptors (Lipinski definition) is 5. The Labute approximate surface area is 202 Å². The van der Waals surface area contributed by atoms with Gasteiger partial charge in [-0.15, -0.1) is 24.8 Å². The van der Waals surface area contributed by atoms with Crippen LogP contribution in [0.5, 0.6) is 0 Å². The summed E-state index contributed by atoms with van der Waals surface area (Å²) in [4.78, 5) is 29.2. The predicted octanol–water partition coefficient (Wildman–Crippen LogP) is 2.64. The Morgan fingerprint density at radius 3 is 2.69 bits per heavy atom. The number of nitrogens with two attached hydrogens (primary N) is 1. The lowest BCUT2D eigenvalue weighted by Crippen LogP contribution is -2.50. The third kappa shape index (κ3) is 7.08. The molecule has 1 aliphatic rings. The van der Waals surface area contributed by atoms with Crippen molar-refractivity contribution in [3.63, 3.8) is 0 Å². The Hall–Kier alpha value is -2.35. The molecule has 3 atom stereocenters. The molecule has 1 aromatic carbocycles. The van der Waals surface area contributed by atoms with Crippen LogP contribution < -0.4 is 21.7 Å². The van der Waals surface area contributed by atoms with Gasteiger partial charge in [0.2, 0.25) is 11.8 Å². The summed E-state index contributed by atoms with van der Waals surface area (Å²) in [5.41, 5.74) is 9.89. The first-order chi connectivity index (χ1) is 14.4. The number of pyridine rings is 1. The van der Waals surface area contributed by atoms with Crippen LogP contribution >= 0.6 is 24.8 Å². The van der Waals surface area contributed by atoms with Gasteiger partial charge in [-0.1, -0.05) is 37.3 Å². The summed E-state index contributed by atoms with van der Waals surface area (Å²) >= 11 is 0. The minimum Gasteiger partial charge on any atom is -0.384 e. The predicted molar refractivity (Wildman–Crippen MR) is 132 cm³/mol. The van der Waals surface area contributed by atoms with Crippen molar-refractivity contribution >= 4 is 42.4 Å². The Balaban J connectivity index is 0.00000256. The van der Waals surface area contributed by atoms with E-state index in [2.05, 4.69) is 52.1 Å². The van der Waals surface area contributed by atoms with E-state index in [0.29, 0.717) is 18.3 Å². The Morgan fingerprint density at radius 2 is 2.00 bits per heavy atom. The number of aryl methyl sites for hydroxylation is 2. The molecule has 9 heteroatoms. The molecule has 3 rings (SSSR count). The molecule has 5 N–H and O–H groups in total. The maximum Gasteiger partial charge on any atom is 0.242 e. The van der Waals surface area contributed by atoms with Crippen molar-refractivity contribution in [3.8, 4) is 0 Å². The lowest BCUT2D eigenvalue weighted by Gasteiger charge is -2.17. The Bertz CT molecular complexity index is 925. The largest absolute Gasteiger partial charge is 0.384 e. The van der Waals surface area contributed by atoms with E-state index < -0.39 is 6.04 Å². The first-order valence-corrected chi connectivity index (χ1v) is 10.5. The van der Waals surface area contributed by atoms with Gasteiger partial charge in [-0.3, -0.25) is 9.59 Å². The fraction of sp³-hybridized carbons (Fsp3) is 0.435. The second-order valence-electron chi connectivity index (χ2n) is 7.92. The molecule has 1 aliphatic heterocycles. The summed E-state index contributed by atoms with van der Waals surface area (Å²) in [5.74, 6) is 0.381. The highest BCUT2D eigenvalue weighted by Crippen LogP contribution is 2.26. The van der Waals surface area contributed by atoms with Crippen molar-refractivity contribution in [1.82, 2.24) is 20.9 Å². The molecule has 2 amide bonds. The van der Waals surface area contributed by atoms with Gasteiger partial charge < -0.3 is 21.7 Å². The number of amides is 2. The van der Waals surface area contributed by atoms with Crippen LogP contribution in [0.2, 0.25) is 0 Å². The number of nitrogens with one attached hydrogen (secondary N) is 3. The zero-order valence-corrected chi connectivity index (χ0v) is 20.3. The molecule has 32 heavy (non-hydrogen) atoms. The van der Waals surface area contributed by atoms with Crippen LogP contribution in [0, 0.1) is 6.92 Å². The number of hydrogen-bond donors (Lipinski definition) is 4. The van der Waals surface area contributed by atoms with E-state index in [1.54, 1.807) is 13.0 Å². The summed E-state index contributed by atoms with van der Waals surface area (Å²) < 4.78 is 0. The Kier molecular flexibility index (Phi) is 10.9. The Morgan fingerprint density at radius 1 is 1.25 bits per heavy atom. The van der Waals surface area contributed by atoms with E-state index in [1.165, 1.54) is 11.1 Å². The quantitative estimate of drug-likeness (QED) is 0.485. The van der Waals surface area contributed by atoms with Gasteiger partial charge in [0, 0.05) is 18.8 Å². The van der Waals surface area contributed by atoms with Crippen molar-refractivity contribution in [3.05, 3.63) is 58.8 Å². The van der Waals surface area contributed by atoms with Gasteiger partial charge in [-0.05, 0) is 55.4 Å². The van der Waals surface area contributed by atoms with E-state index in [1.807, 2.05) is 13.0 Å². The number of aromatic nitrogens is 1. The molecule has 1 saturated heterocycles. The zero-order valence-electron chi connectivity index (χ0n) is 18.7. The monoisotopic (exact) mass is 481 g/mol. The normalized spacial score (nSPS) is 18.1. The van der Waals surface area contributed by atoms with Crippen LogP contribution in [0.4, 0.5) is 5.82 Å². The first-order valence-electron chi connectivity index (χ1n) is 10.5. The van der Waals surface area contributed by atoms with Gasteiger partial charge in [0.25, 0.3) is 0 Å². The smallest absolute Gasteiger partial charge is 0.242 e. The van der Waals surface area contributed by atoms with E-state index in [-0.39, 0.29) is 42.7 Å². The lowest BCUT2D eigenvalue weighted by atomic mass is 9.94. The molecule has 0 aliphatic carbocycles. The number of carbonyl (C=O) groups is 2. The van der Waals surface area contributed by atoms with Gasteiger partial charge in [0.15, 0.2) is 0 Å². The van der Waals surface area contributed by atoms with Crippen LogP contribution in [0.3, 0.4) is 0 Å². The summed E-state index contributed by atoms with van der Waals surface area (Å²) in [5, 5.41) is 8.97. The maximum atomic E-state index is 12.6. The summed E-state index contributed by atoms with van der Waals surface area (Å²) in [6.07, 6.45) is 1.72. The highest BCUT2D eigenvalue weighted by molar-refractivity contribution is 5.89. The van der Waals surface area contributed by atoms with Crippen LogP contribution in [-0.2, 0) is 22.6 Å². The fourth-order valence-electron chi connectivity index (χ4n) is 3.77. The molecule has 0 unspecified atom stereocenters. The molecule has 7 nitrogen and oxygen atoms in total. The molecular weight excluding hydrogens is 449 g/mol. The molecule has 0 radical (unpaired) electrons. The average molecular weight is 482 g/mol. The molecule has 1 fully saturated rings. The second kappa shape index (κ2) is 12.6. The minimum atomic E-state index is -0.621. The number of nitrogens with zero attached hydrogens (tertiary/aromatic N) is 1. The number of halogens is 2. The highest BCUT2D eigenvalue weighted by atomic mass is 35.5. The maximum absolute atomic E-state index is 12.6. The van der Waals surface area contributed by atoms with Gasteiger partial charge in [0.05, 0.1) is 6.04 Å². The molecule has 176 valence electrons. The standard InChI is InChI=1S/C23H31N5O2.2ClH/c1-4-16-6-5-7-17(10-16)19-11-20(25-13-19)23(30)28-15(3)22(29)26-12-18-8-9-21(24)27-14(18)2;;/h5-10,15,19-20,25H,4,11-13H2,1-3H3,(H2,24,27)(H,26,29)(H,28,30);2*1H/t15-,19+,20+;;/m0../s1. The molecular formula is C23H33Cl2N5O2. The van der Waals surface area contributed by atoms with Gasteiger partial charge in [-0.2, -0.15) is 0 Å². The zero-order chi connectivity index (χ0) is 21.7. The van der Waals surface area contributed by atoms with E-state index >= 15 is 0 Å². The molecule has 2 aromatic rings. The first kappa shape index (κ1) is 27.7. The SMILES string of the molecule is CCc1cccc([C@H]2CN[C@@H](C(=O)N[C@@H](C)C(=O)NCc3ccc(N)nc3C)C2)c1.Cl.Cl. The molecule has 0 spiro atoms. The van der Waals surface area contributed by atoms with Crippen molar-refractivity contribution in [2.75, 3.05) is 12.3 Å². The third-order valence-corrected chi connectivity index (χ3v) is 5.70. The average Bonchev–Trinajstić information content (AvgIpc) is 3.23. The number of nitrogen functional groups attached to an aromatic ring is 1. The van der Waals surface area contributed by atoms with E-state index in [4.69, 9.17) is 5.73 Å². The number of rotatable bonds is 7. The fourth-order valence-corrected chi connectivity index (χ4v) is 3.77. The lowest BCUT2D eigenvalue weighted by molar-refractivity contribution is -0.129. The van der Waals surface area contributed by atoms with Crippen LogP contribution in [0.15, 0.2) is 36.4 Å². The van der Waals surface area contributed by atoms with Crippen LogP contribution in [0.25, 0.3) is 0 Å². The van der Waals surface area contributed by atoms with Gasteiger partial charge in [0.1, 0.15) is 11.9 Å². The van der Waals surface area contributed by atoms with Crippen LogP contribution in [0.1, 0.15) is 48.6 Å². The molecule has 1 aromatic heterocycles. The molecule has 0 saturated carbocycles. The third-order valence-electron chi connectivity index (χ3n) is 5.70. The number of anilines is 1. The summed E-state index contributed by atoms with van der Waals surface area (Å²) in [7, 11) is 0. The topological polar surface area (TPSA) is 109 Å². The van der Waals surface area contributed by atoms with Gasteiger partial charge >= 0.3 is 0 Å². The molecule has 0 bridgehead atoms. The molecule has 2 heterocycles. The summed E-state index contributed by atoms with van der Waals surface area (Å²) in [6.45, 7) is 6.78. The number of benzene rings is 1.